The molecule has 1 aromatic heterocycles. The van der Waals surface area contributed by atoms with Crippen LogP contribution in [0.1, 0.15) is 11.1 Å². The van der Waals surface area contributed by atoms with E-state index in [-0.39, 0.29) is 6.03 Å². The minimum atomic E-state index is -0.329. The molecule has 0 bridgehead atoms. The normalized spacial score (nSPS) is 10.0. The van der Waals surface area contributed by atoms with Crippen molar-refractivity contribution in [1.82, 2.24) is 4.98 Å². The zero-order valence-corrected chi connectivity index (χ0v) is 13.7. The van der Waals surface area contributed by atoms with E-state index < -0.39 is 0 Å². The molecule has 0 spiro atoms. The molecule has 5 nitrogen and oxygen atoms in total. The maximum Gasteiger partial charge on any atom is 0.325 e. The first kappa shape index (κ1) is 15.7. The summed E-state index contributed by atoms with van der Waals surface area (Å²) in [4.78, 5) is 16.5. The molecule has 0 radical (unpaired) electrons. The van der Waals surface area contributed by atoms with E-state index >= 15 is 0 Å². The third-order valence-corrected chi connectivity index (χ3v) is 4.19. The Kier molecular flexibility index (Phi) is 4.54. The fourth-order valence-electron chi connectivity index (χ4n) is 2.14. The van der Waals surface area contributed by atoms with Gasteiger partial charge in [0.05, 0.1) is 17.3 Å². The number of amides is 2. The van der Waals surface area contributed by atoms with Gasteiger partial charge >= 0.3 is 6.03 Å². The van der Waals surface area contributed by atoms with E-state index in [1.54, 1.807) is 12.1 Å². The molecule has 2 amide bonds. The number of nitrogens with zero attached hydrogens (tertiary/aromatic N) is 2. The Morgan fingerprint density at radius 3 is 2.58 bits per heavy atom. The van der Waals surface area contributed by atoms with E-state index in [9.17, 15) is 4.79 Å². The van der Waals surface area contributed by atoms with Crippen molar-refractivity contribution in [3.05, 3.63) is 65.0 Å². The van der Waals surface area contributed by atoms with Gasteiger partial charge in [-0.25, -0.2) is 9.78 Å². The van der Waals surface area contributed by atoms with Gasteiger partial charge in [0, 0.05) is 16.6 Å². The Morgan fingerprint density at radius 1 is 1.12 bits per heavy atom. The summed E-state index contributed by atoms with van der Waals surface area (Å²) in [7, 11) is 0. The van der Waals surface area contributed by atoms with E-state index in [1.165, 1.54) is 11.3 Å². The molecule has 0 atom stereocenters. The molecule has 0 unspecified atom stereocenters. The number of aryl methyl sites for hydroxylation is 1. The number of hydrogen-bond acceptors (Lipinski definition) is 4. The van der Waals surface area contributed by atoms with Crippen molar-refractivity contribution in [3.63, 3.8) is 0 Å². The van der Waals surface area contributed by atoms with Crippen molar-refractivity contribution in [1.29, 1.82) is 5.26 Å². The van der Waals surface area contributed by atoms with Gasteiger partial charge in [0.1, 0.15) is 0 Å². The van der Waals surface area contributed by atoms with Crippen LogP contribution in [-0.2, 0) is 0 Å². The minimum absolute atomic E-state index is 0.329. The van der Waals surface area contributed by atoms with Crippen LogP contribution in [-0.4, -0.2) is 11.0 Å². The van der Waals surface area contributed by atoms with E-state index in [0.717, 1.165) is 22.5 Å². The number of rotatable bonds is 3. The Morgan fingerprint density at radius 2 is 1.88 bits per heavy atom. The van der Waals surface area contributed by atoms with Gasteiger partial charge in [-0.1, -0.05) is 30.3 Å². The first-order valence-electron chi connectivity index (χ1n) is 7.25. The lowest BCUT2D eigenvalue weighted by molar-refractivity contribution is 0.262. The predicted octanol–water partition coefficient (Wildman–Crippen LogP) is 4.63. The molecule has 0 saturated heterocycles. The third-order valence-electron chi connectivity index (χ3n) is 3.43. The van der Waals surface area contributed by atoms with Crippen LogP contribution in [0, 0.1) is 18.3 Å². The highest BCUT2D eigenvalue weighted by atomic mass is 32.1. The lowest BCUT2D eigenvalue weighted by Crippen LogP contribution is -2.19. The van der Waals surface area contributed by atoms with Crippen molar-refractivity contribution < 1.29 is 4.79 Å². The van der Waals surface area contributed by atoms with Crippen LogP contribution in [0.4, 0.5) is 15.6 Å². The van der Waals surface area contributed by atoms with Crippen molar-refractivity contribution in [2.75, 3.05) is 10.6 Å². The second-order valence-corrected chi connectivity index (χ2v) is 5.98. The third kappa shape index (κ3) is 3.59. The van der Waals surface area contributed by atoms with Crippen molar-refractivity contribution in [3.8, 4) is 17.3 Å². The topological polar surface area (TPSA) is 77.8 Å². The molecular formula is C18H14N4OS. The SMILES string of the molecule is Cc1ccccc1NC(=O)Nc1nc(-c2ccc(C#N)cc2)cs1. The van der Waals surface area contributed by atoms with Crippen LogP contribution in [0.2, 0.25) is 0 Å². The molecule has 3 aromatic rings. The monoisotopic (exact) mass is 334 g/mol. The molecule has 24 heavy (non-hydrogen) atoms. The Bertz CT molecular complexity index is 909. The van der Waals surface area contributed by atoms with Gasteiger partial charge in [0.25, 0.3) is 0 Å². The quantitative estimate of drug-likeness (QED) is 0.733. The molecule has 0 fully saturated rings. The van der Waals surface area contributed by atoms with Gasteiger partial charge < -0.3 is 5.32 Å². The smallest absolute Gasteiger partial charge is 0.307 e. The minimum Gasteiger partial charge on any atom is -0.307 e. The Hall–Kier alpha value is -3.17. The summed E-state index contributed by atoms with van der Waals surface area (Å²) >= 11 is 1.35. The van der Waals surface area contributed by atoms with Crippen LogP contribution >= 0.6 is 11.3 Å². The standard InChI is InChI=1S/C18H14N4OS/c1-12-4-2-3-5-15(12)20-17(23)22-18-21-16(11-24-18)14-8-6-13(10-19)7-9-14/h2-9,11H,1H3,(H2,20,21,22,23). The number of aromatic nitrogens is 1. The Balaban J connectivity index is 1.68. The van der Waals surface area contributed by atoms with Crippen molar-refractivity contribution >= 4 is 28.2 Å². The van der Waals surface area contributed by atoms with Gasteiger partial charge in [0.2, 0.25) is 0 Å². The number of urea groups is 1. The second kappa shape index (κ2) is 6.94. The van der Waals surface area contributed by atoms with E-state index in [2.05, 4.69) is 21.7 Å². The second-order valence-electron chi connectivity index (χ2n) is 5.12. The Labute approximate surface area is 143 Å². The van der Waals surface area contributed by atoms with E-state index in [0.29, 0.717) is 10.7 Å². The van der Waals surface area contributed by atoms with Crippen LogP contribution in [0.25, 0.3) is 11.3 Å². The number of anilines is 2. The molecule has 0 aliphatic rings. The highest BCUT2D eigenvalue weighted by Crippen LogP contribution is 2.25. The van der Waals surface area contributed by atoms with Gasteiger partial charge in [0.15, 0.2) is 5.13 Å². The number of hydrogen-bond donors (Lipinski definition) is 2. The van der Waals surface area contributed by atoms with Crippen molar-refractivity contribution in [2.45, 2.75) is 6.92 Å². The number of nitriles is 1. The fraction of sp³-hybridized carbons (Fsp3) is 0.0556. The molecule has 6 heteroatoms. The molecule has 0 aliphatic carbocycles. The van der Waals surface area contributed by atoms with Gasteiger partial charge in [-0.2, -0.15) is 5.26 Å². The number of carbonyl (C=O) groups is 1. The van der Waals surface area contributed by atoms with Crippen LogP contribution in [0.5, 0.6) is 0 Å². The molecule has 0 aliphatic heterocycles. The first-order chi connectivity index (χ1) is 11.7. The molecule has 1 heterocycles. The maximum atomic E-state index is 12.1. The number of nitrogens with one attached hydrogen (secondary N) is 2. The first-order valence-corrected chi connectivity index (χ1v) is 8.13. The average Bonchev–Trinajstić information content (AvgIpc) is 3.05. The molecule has 2 N–H and O–H groups in total. The number of carbonyl (C=O) groups excluding carboxylic acids is 1. The summed E-state index contributed by atoms with van der Waals surface area (Å²) in [5.74, 6) is 0. The maximum absolute atomic E-state index is 12.1. The van der Waals surface area contributed by atoms with Crippen molar-refractivity contribution in [2.24, 2.45) is 0 Å². The highest BCUT2D eigenvalue weighted by Gasteiger charge is 2.09. The summed E-state index contributed by atoms with van der Waals surface area (Å²) in [5, 5.41) is 16.7. The highest BCUT2D eigenvalue weighted by molar-refractivity contribution is 7.14. The van der Waals surface area contributed by atoms with Gasteiger partial charge in [-0.05, 0) is 30.7 Å². The fourth-order valence-corrected chi connectivity index (χ4v) is 2.86. The molecule has 3 rings (SSSR count). The number of benzene rings is 2. The summed E-state index contributed by atoms with van der Waals surface area (Å²) in [6.07, 6.45) is 0. The summed E-state index contributed by atoms with van der Waals surface area (Å²) in [6, 6.07) is 16.5. The zero-order chi connectivity index (χ0) is 16.9. The summed E-state index contributed by atoms with van der Waals surface area (Å²) in [6.45, 7) is 1.93. The van der Waals surface area contributed by atoms with Crippen LogP contribution < -0.4 is 10.6 Å². The predicted molar refractivity (Wildman–Crippen MR) is 96.1 cm³/mol. The lowest BCUT2D eigenvalue weighted by atomic mass is 10.1. The largest absolute Gasteiger partial charge is 0.325 e. The van der Waals surface area contributed by atoms with Gasteiger partial charge in [-0.3, -0.25) is 5.32 Å². The van der Waals surface area contributed by atoms with Gasteiger partial charge in [-0.15, -0.1) is 11.3 Å². The lowest BCUT2D eigenvalue weighted by Gasteiger charge is -2.07. The molecule has 2 aromatic carbocycles. The van der Waals surface area contributed by atoms with E-state index in [1.807, 2.05) is 48.7 Å². The average molecular weight is 334 g/mol. The number of para-hydroxylation sites is 1. The van der Waals surface area contributed by atoms with Crippen LogP contribution in [0.15, 0.2) is 53.9 Å². The van der Waals surface area contributed by atoms with Crippen LogP contribution in [0.3, 0.4) is 0 Å². The molecule has 0 saturated carbocycles. The summed E-state index contributed by atoms with van der Waals surface area (Å²) in [5.41, 5.74) is 4.02. The van der Waals surface area contributed by atoms with E-state index in [4.69, 9.17) is 5.26 Å². The summed E-state index contributed by atoms with van der Waals surface area (Å²) < 4.78 is 0. The zero-order valence-electron chi connectivity index (χ0n) is 12.9. The number of thiazole rings is 1. The molecule has 118 valence electrons. The molecular weight excluding hydrogens is 320 g/mol.